The lowest BCUT2D eigenvalue weighted by molar-refractivity contribution is -0.0177. The lowest BCUT2D eigenvalue weighted by Crippen LogP contribution is -2.59. The first-order chi connectivity index (χ1) is 6.24. The molecular formula is C9H17IN2S. The minimum atomic E-state index is 0.720. The number of rotatable bonds is 2. The van der Waals surface area contributed by atoms with E-state index < -0.39 is 0 Å². The first-order valence-electron chi connectivity index (χ1n) is 4.86. The highest BCUT2D eigenvalue weighted by molar-refractivity contribution is 14.1. The fourth-order valence-electron chi connectivity index (χ4n) is 2.45. The molecule has 0 bridgehead atoms. The van der Waals surface area contributed by atoms with Crippen molar-refractivity contribution in [3.05, 3.63) is 0 Å². The van der Waals surface area contributed by atoms with Crippen LogP contribution in [0.2, 0.25) is 0 Å². The Balaban J connectivity index is 1.76. The van der Waals surface area contributed by atoms with E-state index in [2.05, 4.69) is 37.1 Å². The van der Waals surface area contributed by atoms with Crippen LogP contribution in [0.15, 0.2) is 0 Å². The van der Waals surface area contributed by atoms with Crippen LogP contribution in [0.1, 0.15) is 12.8 Å². The zero-order valence-corrected chi connectivity index (χ0v) is 11.1. The number of hydrogen-bond acceptors (Lipinski definition) is 3. The van der Waals surface area contributed by atoms with Crippen molar-refractivity contribution in [3.63, 3.8) is 0 Å². The van der Waals surface area contributed by atoms with E-state index >= 15 is 0 Å². The Labute approximate surface area is 98.9 Å². The summed E-state index contributed by atoms with van der Waals surface area (Å²) in [5.74, 6) is 1.23. The van der Waals surface area contributed by atoms with E-state index in [4.69, 9.17) is 0 Å². The van der Waals surface area contributed by atoms with Crippen molar-refractivity contribution in [3.8, 4) is 0 Å². The molecule has 2 aliphatic heterocycles. The Morgan fingerprint density at radius 2 is 1.92 bits per heavy atom. The minimum Gasteiger partial charge on any atom is -0.293 e. The van der Waals surface area contributed by atoms with Gasteiger partial charge in [-0.1, -0.05) is 0 Å². The van der Waals surface area contributed by atoms with Gasteiger partial charge in [0.05, 0.1) is 0 Å². The highest BCUT2D eigenvalue weighted by Gasteiger charge is 2.43. The van der Waals surface area contributed by atoms with Crippen LogP contribution in [-0.4, -0.2) is 46.3 Å². The smallest absolute Gasteiger partial charge is 0.0441 e. The largest absolute Gasteiger partial charge is 0.293 e. The minimum absolute atomic E-state index is 0.720. The van der Waals surface area contributed by atoms with Crippen molar-refractivity contribution < 1.29 is 0 Å². The third-order valence-electron chi connectivity index (χ3n) is 3.20. The SMILES string of the molecule is CSCN1CC2(CCN(I)CC2)C1. The normalized spacial score (nSPS) is 29.1. The van der Waals surface area contributed by atoms with Gasteiger partial charge in [-0.2, -0.15) is 0 Å². The highest BCUT2D eigenvalue weighted by Crippen LogP contribution is 2.41. The maximum Gasteiger partial charge on any atom is 0.0441 e. The van der Waals surface area contributed by atoms with Crippen molar-refractivity contribution in [1.29, 1.82) is 0 Å². The van der Waals surface area contributed by atoms with Crippen LogP contribution in [0.3, 0.4) is 0 Å². The second-order valence-electron chi connectivity index (χ2n) is 4.31. The van der Waals surface area contributed by atoms with E-state index in [1.807, 2.05) is 11.8 Å². The zero-order chi connectivity index (χ0) is 9.31. The molecule has 2 heterocycles. The molecule has 2 aliphatic rings. The number of piperidine rings is 1. The van der Waals surface area contributed by atoms with Crippen LogP contribution in [0.25, 0.3) is 0 Å². The topological polar surface area (TPSA) is 6.48 Å². The molecule has 2 rings (SSSR count). The van der Waals surface area contributed by atoms with Crippen molar-refractivity contribution in [2.75, 3.05) is 38.3 Å². The molecule has 0 aromatic carbocycles. The first-order valence-corrected chi connectivity index (χ1v) is 7.22. The van der Waals surface area contributed by atoms with Crippen LogP contribution in [-0.2, 0) is 0 Å². The molecule has 0 amide bonds. The average molecular weight is 312 g/mol. The molecule has 0 unspecified atom stereocenters. The van der Waals surface area contributed by atoms with Crippen molar-refractivity contribution >= 4 is 34.6 Å². The van der Waals surface area contributed by atoms with Crippen molar-refractivity contribution in [2.45, 2.75) is 12.8 Å². The van der Waals surface area contributed by atoms with Gasteiger partial charge in [0.25, 0.3) is 0 Å². The molecule has 0 radical (unpaired) electrons. The quantitative estimate of drug-likeness (QED) is 0.569. The predicted octanol–water partition coefficient (Wildman–Crippen LogP) is 2.05. The summed E-state index contributed by atoms with van der Waals surface area (Å²) in [6.07, 6.45) is 5.03. The Bertz CT molecular complexity index is 172. The summed E-state index contributed by atoms with van der Waals surface area (Å²) in [7, 11) is 0. The Morgan fingerprint density at radius 3 is 2.46 bits per heavy atom. The standard InChI is InChI=1S/C9H17IN2S/c1-13-8-11-6-9(7-11)2-4-12(10)5-3-9/h2-8H2,1H3. The molecule has 13 heavy (non-hydrogen) atoms. The third kappa shape index (κ3) is 2.33. The number of thioether (sulfide) groups is 1. The number of likely N-dealkylation sites (tertiary alicyclic amines) is 1. The van der Waals surface area contributed by atoms with E-state index in [-0.39, 0.29) is 0 Å². The van der Waals surface area contributed by atoms with Gasteiger partial charge in [-0.05, 0) is 24.5 Å². The fraction of sp³-hybridized carbons (Fsp3) is 1.00. The highest BCUT2D eigenvalue weighted by atomic mass is 127. The molecule has 0 aromatic rings. The summed E-state index contributed by atoms with van der Waals surface area (Å²) < 4.78 is 2.43. The Morgan fingerprint density at radius 1 is 1.31 bits per heavy atom. The van der Waals surface area contributed by atoms with Gasteiger partial charge in [-0.25, -0.2) is 3.11 Å². The molecule has 0 saturated carbocycles. The fourth-order valence-corrected chi connectivity index (χ4v) is 3.48. The van der Waals surface area contributed by atoms with E-state index in [1.165, 1.54) is 44.9 Å². The lowest BCUT2D eigenvalue weighted by Gasteiger charge is -2.53. The second-order valence-corrected chi connectivity index (χ2v) is 6.51. The van der Waals surface area contributed by atoms with E-state index in [0.29, 0.717) is 0 Å². The molecule has 2 nitrogen and oxygen atoms in total. The molecular weight excluding hydrogens is 295 g/mol. The van der Waals surface area contributed by atoms with E-state index in [1.54, 1.807) is 0 Å². The van der Waals surface area contributed by atoms with Crippen LogP contribution >= 0.6 is 34.6 Å². The summed E-state index contributed by atoms with van der Waals surface area (Å²) in [5, 5.41) is 0. The number of hydrogen-bond donors (Lipinski definition) is 0. The summed E-state index contributed by atoms with van der Waals surface area (Å²) in [6.45, 7) is 5.32. The van der Waals surface area contributed by atoms with Gasteiger partial charge in [0.2, 0.25) is 0 Å². The van der Waals surface area contributed by atoms with E-state index in [9.17, 15) is 0 Å². The monoisotopic (exact) mass is 312 g/mol. The summed E-state index contributed by atoms with van der Waals surface area (Å²) in [6, 6.07) is 0. The summed E-state index contributed by atoms with van der Waals surface area (Å²) >= 11 is 4.40. The molecule has 76 valence electrons. The summed E-state index contributed by atoms with van der Waals surface area (Å²) in [4.78, 5) is 2.58. The number of halogens is 1. The number of nitrogens with zero attached hydrogens (tertiary/aromatic N) is 2. The molecule has 2 fully saturated rings. The maximum atomic E-state index is 2.58. The first kappa shape index (κ1) is 10.5. The Hall–Kier alpha value is 1.00. The molecule has 0 atom stereocenters. The molecule has 0 N–H and O–H groups in total. The van der Waals surface area contributed by atoms with Gasteiger partial charge in [-0.15, -0.1) is 11.8 Å². The molecule has 0 aromatic heterocycles. The van der Waals surface area contributed by atoms with Crippen LogP contribution in [0.4, 0.5) is 0 Å². The van der Waals surface area contributed by atoms with Gasteiger partial charge in [0.15, 0.2) is 0 Å². The summed E-state index contributed by atoms with van der Waals surface area (Å²) in [5.41, 5.74) is 0.720. The van der Waals surface area contributed by atoms with Gasteiger partial charge >= 0.3 is 0 Å². The van der Waals surface area contributed by atoms with E-state index in [0.717, 1.165) is 5.41 Å². The van der Waals surface area contributed by atoms with Crippen LogP contribution in [0, 0.1) is 5.41 Å². The third-order valence-corrected chi connectivity index (χ3v) is 4.79. The second kappa shape index (κ2) is 4.24. The maximum absolute atomic E-state index is 2.58. The van der Waals surface area contributed by atoms with Gasteiger partial charge in [-0.3, -0.25) is 4.90 Å². The van der Waals surface area contributed by atoms with Gasteiger partial charge < -0.3 is 0 Å². The van der Waals surface area contributed by atoms with Gasteiger partial charge in [0.1, 0.15) is 0 Å². The Kier molecular flexibility index (Phi) is 3.43. The molecule has 1 spiro atoms. The van der Waals surface area contributed by atoms with Gasteiger partial charge in [0, 0.05) is 54.9 Å². The van der Waals surface area contributed by atoms with Crippen molar-refractivity contribution in [1.82, 2.24) is 8.01 Å². The van der Waals surface area contributed by atoms with Crippen LogP contribution < -0.4 is 0 Å². The predicted molar refractivity (Wildman–Crippen MR) is 67.2 cm³/mol. The molecule has 4 heteroatoms. The average Bonchev–Trinajstić information content (AvgIpc) is 2.07. The lowest BCUT2D eigenvalue weighted by atomic mass is 9.73. The van der Waals surface area contributed by atoms with Crippen LogP contribution in [0.5, 0.6) is 0 Å². The molecule has 0 aliphatic carbocycles. The van der Waals surface area contributed by atoms with Crippen molar-refractivity contribution in [2.24, 2.45) is 5.41 Å². The zero-order valence-electron chi connectivity index (χ0n) is 8.13. The molecule has 2 saturated heterocycles.